The van der Waals surface area contributed by atoms with E-state index in [9.17, 15) is 14.4 Å². The van der Waals surface area contributed by atoms with Gasteiger partial charge in [-0.15, -0.1) is 23.2 Å². The number of ether oxygens (including phenoxy) is 2. The van der Waals surface area contributed by atoms with Crippen LogP contribution in [0, 0.1) is 22.7 Å². The molecule has 0 bridgehead atoms. The van der Waals surface area contributed by atoms with Crippen LogP contribution in [0.1, 0.15) is 46.0 Å². The summed E-state index contributed by atoms with van der Waals surface area (Å²) < 4.78 is 10.9. The molecule has 0 unspecified atom stereocenters. The van der Waals surface area contributed by atoms with Gasteiger partial charge in [0, 0.05) is 10.8 Å². The summed E-state index contributed by atoms with van der Waals surface area (Å²) in [4.78, 5) is 35.3. The first kappa shape index (κ1) is 24.4. The van der Waals surface area contributed by atoms with Gasteiger partial charge < -0.3 is 9.47 Å². The number of carbonyl (C=O) groups excluding carboxylic acids is 3. The number of hydrogen-bond acceptors (Lipinski definition) is 5. The fourth-order valence-corrected chi connectivity index (χ4v) is 8.38. The zero-order valence-electron chi connectivity index (χ0n) is 18.1. The van der Waals surface area contributed by atoms with Crippen LogP contribution in [0.3, 0.4) is 0 Å². The molecule has 0 aromatic carbocycles. The van der Waals surface area contributed by atoms with Crippen LogP contribution in [0.15, 0.2) is 23.8 Å². The standard InChI is InChI=1S/C23H26Cl4O5/c1-20-8-6-13(28)10-12(20)4-5-15-14-7-9-22(19(30)31-3,32-18(29)17(25)26)21(14,2)11-16(24)23(15,20)27/h6,8,10,14-17H,4-5,7,9,11H2,1-3H3/t14-,15-,16-,20-,21-,22-,23-/m0/s1. The number of hydrogen-bond donors (Lipinski definition) is 0. The molecule has 0 N–H and O–H groups in total. The van der Waals surface area contributed by atoms with Gasteiger partial charge in [-0.2, -0.15) is 0 Å². The molecule has 5 nitrogen and oxygen atoms in total. The molecule has 176 valence electrons. The highest BCUT2D eigenvalue weighted by atomic mass is 35.5. The number of ketones is 1. The number of methoxy groups -OCH3 is 1. The molecule has 4 rings (SSSR count). The van der Waals surface area contributed by atoms with Crippen molar-refractivity contribution in [3.8, 4) is 0 Å². The Morgan fingerprint density at radius 3 is 2.50 bits per heavy atom. The summed E-state index contributed by atoms with van der Waals surface area (Å²) in [6.45, 7) is 3.96. The summed E-state index contributed by atoms with van der Waals surface area (Å²) in [7, 11) is 1.27. The Labute approximate surface area is 207 Å². The second kappa shape index (κ2) is 7.90. The van der Waals surface area contributed by atoms with E-state index in [1.165, 1.54) is 7.11 Å². The first-order chi connectivity index (χ1) is 14.9. The second-order valence-electron chi connectivity index (χ2n) is 9.80. The summed E-state index contributed by atoms with van der Waals surface area (Å²) in [6, 6.07) is 0. The van der Waals surface area contributed by atoms with E-state index in [2.05, 4.69) is 0 Å². The zero-order chi connectivity index (χ0) is 23.7. The average molecular weight is 524 g/mol. The number of esters is 2. The molecule has 0 radical (unpaired) electrons. The molecule has 9 heteroatoms. The molecule has 7 atom stereocenters. The van der Waals surface area contributed by atoms with E-state index in [-0.39, 0.29) is 24.0 Å². The minimum Gasteiger partial charge on any atom is -0.466 e. The van der Waals surface area contributed by atoms with E-state index in [0.717, 1.165) is 5.57 Å². The van der Waals surface area contributed by atoms with Gasteiger partial charge in [0.1, 0.15) is 0 Å². The van der Waals surface area contributed by atoms with Gasteiger partial charge >= 0.3 is 11.9 Å². The number of rotatable bonds is 3. The number of halogens is 4. The molecular weight excluding hydrogens is 498 g/mol. The first-order valence-corrected chi connectivity index (χ1v) is 12.4. The van der Waals surface area contributed by atoms with Gasteiger partial charge in [0.15, 0.2) is 5.78 Å². The molecule has 0 spiro atoms. The van der Waals surface area contributed by atoms with E-state index in [4.69, 9.17) is 55.9 Å². The summed E-state index contributed by atoms with van der Waals surface area (Å²) in [5.74, 6) is -1.70. The zero-order valence-corrected chi connectivity index (χ0v) is 21.2. The highest BCUT2D eigenvalue weighted by Crippen LogP contribution is 2.72. The molecule has 32 heavy (non-hydrogen) atoms. The predicted octanol–water partition coefficient (Wildman–Crippen LogP) is 5.13. The van der Waals surface area contributed by atoms with Crippen LogP contribution in [-0.4, -0.2) is 45.5 Å². The molecule has 0 aliphatic heterocycles. The smallest absolute Gasteiger partial charge is 0.350 e. The lowest BCUT2D eigenvalue weighted by atomic mass is 9.46. The predicted molar refractivity (Wildman–Crippen MR) is 123 cm³/mol. The van der Waals surface area contributed by atoms with Gasteiger partial charge in [-0.3, -0.25) is 4.79 Å². The second-order valence-corrected chi connectivity index (χ2v) is 12.0. The lowest BCUT2D eigenvalue weighted by molar-refractivity contribution is -0.201. The molecule has 3 saturated carbocycles. The topological polar surface area (TPSA) is 69.7 Å². The van der Waals surface area contributed by atoms with Crippen LogP contribution >= 0.6 is 46.4 Å². The first-order valence-electron chi connectivity index (χ1n) is 10.7. The van der Waals surface area contributed by atoms with Crippen LogP contribution in [0.2, 0.25) is 0 Å². The van der Waals surface area contributed by atoms with Gasteiger partial charge in [-0.1, -0.05) is 48.7 Å². The third-order valence-corrected chi connectivity index (χ3v) is 10.6. The highest BCUT2D eigenvalue weighted by molar-refractivity contribution is 6.53. The van der Waals surface area contributed by atoms with Gasteiger partial charge in [0.25, 0.3) is 0 Å². The van der Waals surface area contributed by atoms with Crippen LogP contribution in [0.5, 0.6) is 0 Å². The van der Waals surface area contributed by atoms with Crippen LogP contribution < -0.4 is 0 Å². The molecule has 0 saturated heterocycles. The molecular formula is C23H26Cl4O5. The molecule has 3 fully saturated rings. The number of carbonyl (C=O) groups is 3. The Balaban J connectivity index is 1.80. The van der Waals surface area contributed by atoms with Crippen molar-refractivity contribution >= 4 is 64.1 Å². The molecule has 0 aromatic rings. The fraction of sp³-hybridized carbons (Fsp3) is 0.696. The van der Waals surface area contributed by atoms with Gasteiger partial charge in [-0.05, 0) is 56.1 Å². The van der Waals surface area contributed by atoms with Crippen molar-refractivity contribution in [1.82, 2.24) is 0 Å². The number of fused-ring (bicyclic) bond motifs is 5. The van der Waals surface area contributed by atoms with Crippen molar-refractivity contribution in [3.63, 3.8) is 0 Å². The summed E-state index contributed by atoms with van der Waals surface area (Å²) >= 11 is 26.1. The van der Waals surface area contributed by atoms with E-state index < -0.39 is 43.5 Å². The van der Waals surface area contributed by atoms with Gasteiger partial charge in [-0.25, -0.2) is 9.59 Å². The fourth-order valence-electron chi connectivity index (χ4n) is 7.06. The highest BCUT2D eigenvalue weighted by Gasteiger charge is 2.75. The minimum atomic E-state index is -1.55. The van der Waals surface area contributed by atoms with Gasteiger partial charge in [0.2, 0.25) is 10.4 Å². The monoisotopic (exact) mass is 522 g/mol. The SMILES string of the molecule is COC(=O)[C@@]1(OC(=O)C(Cl)Cl)CC[C@H]2[C@@H]3CCC4=CC(=O)C=C[C@]4(C)[C@@]3(Cl)[C@@H](Cl)C[C@@]21C. The Bertz CT molecular complexity index is 931. The quantitative estimate of drug-likeness (QED) is 0.378. The third-order valence-electron chi connectivity index (χ3n) is 8.69. The largest absolute Gasteiger partial charge is 0.466 e. The summed E-state index contributed by atoms with van der Waals surface area (Å²) in [5, 5.41) is -0.564. The summed E-state index contributed by atoms with van der Waals surface area (Å²) in [6.07, 6.45) is 7.74. The lowest BCUT2D eigenvalue weighted by Crippen LogP contribution is -2.68. The van der Waals surface area contributed by atoms with Crippen molar-refractivity contribution in [1.29, 1.82) is 0 Å². The molecule has 4 aliphatic rings. The van der Waals surface area contributed by atoms with E-state index in [1.807, 2.05) is 19.9 Å². The summed E-state index contributed by atoms with van der Waals surface area (Å²) in [5.41, 5.74) is -1.98. The Kier molecular flexibility index (Phi) is 6.02. The average Bonchev–Trinajstić information content (AvgIpc) is 3.01. The van der Waals surface area contributed by atoms with E-state index in [0.29, 0.717) is 25.7 Å². The minimum absolute atomic E-state index is 0.0443. The normalized spacial score (nSPS) is 44.9. The molecule has 4 aliphatic carbocycles. The van der Waals surface area contributed by atoms with E-state index >= 15 is 0 Å². The maximum atomic E-state index is 13.1. The van der Waals surface area contributed by atoms with E-state index in [1.54, 1.807) is 12.2 Å². The lowest BCUT2D eigenvalue weighted by Gasteiger charge is -2.63. The maximum Gasteiger partial charge on any atom is 0.350 e. The van der Waals surface area contributed by atoms with Crippen molar-refractivity contribution in [2.45, 2.75) is 66.6 Å². The Hall–Kier alpha value is -0.750. The van der Waals surface area contributed by atoms with Crippen LogP contribution in [-0.2, 0) is 23.9 Å². The van der Waals surface area contributed by atoms with Crippen molar-refractivity contribution < 1.29 is 23.9 Å². The molecule has 0 heterocycles. The van der Waals surface area contributed by atoms with Gasteiger partial charge in [0.05, 0.1) is 17.4 Å². The maximum absolute atomic E-state index is 13.1. The Morgan fingerprint density at radius 1 is 1.19 bits per heavy atom. The van der Waals surface area contributed by atoms with Crippen LogP contribution in [0.25, 0.3) is 0 Å². The Morgan fingerprint density at radius 2 is 1.88 bits per heavy atom. The van der Waals surface area contributed by atoms with Crippen molar-refractivity contribution in [2.75, 3.05) is 7.11 Å². The number of alkyl halides is 4. The third kappa shape index (κ3) is 3.00. The van der Waals surface area contributed by atoms with Crippen molar-refractivity contribution in [3.05, 3.63) is 23.8 Å². The molecule has 0 amide bonds. The van der Waals surface area contributed by atoms with Crippen LogP contribution in [0.4, 0.5) is 0 Å². The molecule has 0 aromatic heterocycles. The van der Waals surface area contributed by atoms with Crippen molar-refractivity contribution in [2.24, 2.45) is 22.7 Å². The number of allylic oxidation sites excluding steroid dienone is 4.